The normalized spacial score (nSPS) is 13.6. The number of halogens is 3. The first-order chi connectivity index (χ1) is 19.4. The van der Waals surface area contributed by atoms with Gasteiger partial charge in [-0.05, 0) is 33.3 Å². The number of rotatable bonds is 3. The SMILES string of the molecule is CC(C)(C)c1cc(C(C)(C)C)n([C-](n2nc(C(C)(C)C)cc2C(C)(C)C)n2nc(C(C)(C)C)cc2C(C)(C)C)n1.[Cl][Ti+]([Cl])[Cl]. The van der Waals surface area contributed by atoms with Crippen molar-refractivity contribution < 1.29 is 14.7 Å². The molecule has 0 radical (unpaired) electrons. The van der Waals surface area contributed by atoms with E-state index in [9.17, 15) is 0 Å². The van der Waals surface area contributed by atoms with Crippen LogP contribution in [0.1, 0.15) is 159 Å². The molecule has 0 saturated carbocycles. The van der Waals surface area contributed by atoms with Crippen molar-refractivity contribution in [1.82, 2.24) is 29.3 Å². The molecule has 0 saturated heterocycles. The molecule has 0 atom stereocenters. The van der Waals surface area contributed by atoms with E-state index in [2.05, 4.69) is 157 Å². The summed E-state index contributed by atoms with van der Waals surface area (Å²) in [6, 6.07) is 6.82. The molecule has 44 heavy (non-hydrogen) atoms. The van der Waals surface area contributed by atoms with Gasteiger partial charge in [-0.15, -0.1) is 0 Å². The summed E-state index contributed by atoms with van der Waals surface area (Å²) in [5.41, 5.74) is 5.73. The van der Waals surface area contributed by atoms with E-state index in [1.165, 1.54) is 0 Å². The Morgan fingerprint density at radius 1 is 0.432 bits per heavy atom. The van der Waals surface area contributed by atoms with Crippen LogP contribution in [-0.2, 0) is 47.2 Å². The Morgan fingerprint density at radius 2 is 0.614 bits per heavy atom. The summed E-state index contributed by atoms with van der Waals surface area (Å²) in [5, 5.41) is 16.0. The van der Waals surface area contributed by atoms with Gasteiger partial charge in [0.15, 0.2) is 6.29 Å². The molecule has 0 fully saturated rings. The average molecular weight is 704 g/mol. The Kier molecular flexibility index (Phi) is 11.5. The minimum absolute atomic E-state index is 0.114. The van der Waals surface area contributed by atoms with E-state index < -0.39 is 14.7 Å². The van der Waals surface area contributed by atoms with E-state index in [1.807, 2.05) is 0 Å². The molecule has 0 unspecified atom stereocenters. The molecule has 0 bridgehead atoms. The van der Waals surface area contributed by atoms with E-state index in [1.54, 1.807) is 0 Å². The molecular weight excluding hydrogens is 647 g/mol. The number of hydrogen-bond acceptors (Lipinski definition) is 3. The second-order valence-corrected chi connectivity index (χ2v) is 25.7. The monoisotopic (exact) mass is 702 g/mol. The molecule has 0 amide bonds. The van der Waals surface area contributed by atoms with Crippen LogP contribution in [0.3, 0.4) is 0 Å². The molecular formula is C34H57Cl3N6Ti. The van der Waals surface area contributed by atoms with Crippen LogP contribution in [0.5, 0.6) is 0 Å². The van der Waals surface area contributed by atoms with Crippen LogP contribution in [0, 0.1) is 6.29 Å². The van der Waals surface area contributed by atoms with Crippen molar-refractivity contribution in [2.45, 2.75) is 157 Å². The second-order valence-electron chi connectivity index (χ2n) is 18.0. The number of aromatic nitrogens is 6. The predicted octanol–water partition coefficient (Wildman–Crippen LogP) is 10.5. The van der Waals surface area contributed by atoms with Crippen molar-refractivity contribution in [2.75, 3.05) is 0 Å². The fraction of sp³-hybridized carbons (Fsp3) is 0.706. The topological polar surface area (TPSA) is 53.5 Å². The van der Waals surface area contributed by atoms with E-state index in [0.29, 0.717) is 0 Å². The van der Waals surface area contributed by atoms with Crippen LogP contribution >= 0.6 is 27.9 Å². The first kappa shape index (κ1) is 39.3. The van der Waals surface area contributed by atoms with Crippen LogP contribution in [0.4, 0.5) is 0 Å². The van der Waals surface area contributed by atoms with Crippen molar-refractivity contribution >= 4 is 27.9 Å². The summed E-state index contributed by atoms with van der Waals surface area (Å²) in [6.07, 6.45) is 0.835. The van der Waals surface area contributed by atoms with Gasteiger partial charge in [-0.3, -0.25) is 14.0 Å². The van der Waals surface area contributed by atoms with Gasteiger partial charge < -0.3 is 0 Å². The molecule has 0 aliphatic rings. The first-order valence-electron chi connectivity index (χ1n) is 15.4. The van der Waals surface area contributed by atoms with Crippen molar-refractivity contribution in [3.8, 4) is 0 Å². The van der Waals surface area contributed by atoms with E-state index >= 15 is 0 Å². The van der Waals surface area contributed by atoms with Crippen molar-refractivity contribution in [3.05, 3.63) is 58.7 Å². The molecule has 3 heterocycles. The van der Waals surface area contributed by atoms with Gasteiger partial charge in [0, 0.05) is 16.2 Å². The molecule has 0 N–H and O–H groups in total. The number of hydrogen-bond donors (Lipinski definition) is 0. The summed E-state index contributed by atoms with van der Waals surface area (Å²) >= 11 is -1.92. The Labute approximate surface area is 286 Å². The summed E-state index contributed by atoms with van der Waals surface area (Å²) in [5.74, 6) is 0. The summed E-state index contributed by atoms with van der Waals surface area (Å²) in [6.45, 7) is 40.4. The van der Waals surface area contributed by atoms with Gasteiger partial charge >= 0.3 is 42.6 Å². The van der Waals surface area contributed by atoms with Crippen LogP contribution in [0.25, 0.3) is 0 Å². The van der Waals surface area contributed by atoms with Gasteiger partial charge in [-0.1, -0.05) is 143 Å². The maximum atomic E-state index is 5.35. The van der Waals surface area contributed by atoms with Gasteiger partial charge in [0.1, 0.15) is 0 Å². The fourth-order valence-electron chi connectivity index (χ4n) is 4.57. The third kappa shape index (κ3) is 9.56. The maximum absolute atomic E-state index is 5.35. The molecule has 3 rings (SSSR count). The predicted molar refractivity (Wildman–Crippen MR) is 186 cm³/mol. The number of nitrogens with zero attached hydrogens (tertiary/aromatic N) is 6. The standard InChI is InChI=1S/C34H57N6.3ClH.Ti/c1-29(2,3)22-19-25(32(10,11)12)38(35-22)28(39-26(33(13,14)15)20-23(36-39)30(4,5)6)40-27(34(16,17)18)21-24(37-40)31(7,8)9;;;;/h19-21H,1-18H3;3*1H;/q-1;;;;+4/p-3. The van der Waals surface area contributed by atoms with Gasteiger partial charge in [-0.2, -0.15) is 15.3 Å². The van der Waals surface area contributed by atoms with Crippen molar-refractivity contribution in [2.24, 2.45) is 0 Å². The van der Waals surface area contributed by atoms with E-state index in [-0.39, 0.29) is 32.5 Å². The van der Waals surface area contributed by atoms with Crippen LogP contribution in [0.15, 0.2) is 18.2 Å². The zero-order valence-corrected chi connectivity index (χ0v) is 34.4. The van der Waals surface area contributed by atoms with Gasteiger partial charge in [0.25, 0.3) is 0 Å². The Morgan fingerprint density at radius 3 is 0.750 bits per heavy atom. The van der Waals surface area contributed by atoms with E-state index in [4.69, 9.17) is 43.2 Å². The molecule has 6 nitrogen and oxygen atoms in total. The first-order valence-corrected chi connectivity index (χ1v) is 21.9. The third-order valence-corrected chi connectivity index (χ3v) is 7.31. The van der Waals surface area contributed by atoms with Crippen molar-refractivity contribution in [3.63, 3.8) is 0 Å². The molecule has 3 aromatic rings. The summed E-state index contributed by atoms with van der Waals surface area (Å²) < 4.78 is 6.39. The summed E-state index contributed by atoms with van der Waals surface area (Å²) in [7, 11) is 14.9. The van der Waals surface area contributed by atoms with Crippen LogP contribution < -0.4 is 0 Å². The molecule has 0 aliphatic carbocycles. The Balaban J connectivity index is 0.00000159. The Hall–Kier alpha value is -0.916. The molecule has 248 valence electrons. The average Bonchev–Trinajstić information content (AvgIpc) is 3.48. The molecule has 0 aromatic carbocycles. The van der Waals surface area contributed by atoms with E-state index in [0.717, 1.165) is 40.5 Å². The third-order valence-electron chi connectivity index (χ3n) is 7.31. The zero-order chi connectivity index (χ0) is 34.6. The molecule has 3 aromatic heterocycles. The van der Waals surface area contributed by atoms with Crippen LogP contribution in [-0.4, -0.2) is 29.3 Å². The molecule has 0 spiro atoms. The van der Waals surface area contributed by atoms with Gasteiger partial charge in [-0.25, -0.2) is 0 Å². The quantitative estimate of drug-likeness (QED) is 0.202. The van der Waals surface area contributed by atoms with Crippen LogP contribution in [0.2, 0.25) is 0 Å². The van der Waals surface area contributed by atoms with Gasteiger partial charge in [0.2, 0.25) is 0 Å². The zero-order valence-electron chi connectivity index (χ0n) is 30.5. The second kappa shape index (κ2) is 12.9. The fourth-order valence-corrected chi connectivity index (χ4v) is 4.57. The molecule has 10 heteroatoms. The Bertz CT molecular complexity index is 1240. The van der Waals surface area contributed by atoms with Gasteiger partial charge in [0.05, 0.1) is 17.1 Å². The minimum atomic E-state index is -1.92. The summed E-state index contributed by atoms with van der Waals surface area (Å²) in [4.78, 5) is 0. The van der Waals surface area contributed by atoms with Crippen molar-refractivity contribution in [1.29, 1.82) is 0 Å². The molecule has 0 aliphatic heterocycles.